The summed E-state index contributed by atoms with van der Waals surface area (Å²) in [5.41, 5.74) is 0. The van der Waals surface area contributed by atoms with Crippen molar-refractivity contribution in [1.82, 2.24) is 10.6 Å². The van der Waals surface area contributed by atoms with Crippen LogP contribution >= 0.6 is 0 Å². The third kappa shape index (κ3) is 5.89. The number of hydrogen-bond donors (Lipinski definition) is 3. The van der Waals surface area contributed by atoms with Crippen molar-refractivity contribution in [3.8, 4) is 0 Å². The number of carbonyl (C=O) groups excluding carboxylic acids is 1. The van der Waals surface area contributed by atoms with E-state index in [1.54, 1.807) is 0 Å². The quantitative estimate of drug-likeness (QED) is 0.622. The van der Waals surface area contributed by atoms with E-state index in [0.29, 0.717) is 12.3 Å². The van der Waals surface area contributed by atoms with Gasteiger partial charge in [0.15, 0.2) is 0 Å². The van der Waals surface area contributed by atoms with Crippen LogP contribution in [0.3, 0.4) is 0 Å². The van der Waals surface area contributed by atoms with Crippen LogP contribution in [0.25, 0.3) is 0 Å². The van der Waals surface area contributed by atoms with E-state index in [4.69, 9.17) is 5.11 Å². The van der Waals surface area contributed by atoms with Gasteiger partial charge in [0, 0.05) is 6.04 Å². The Labute approximate surface area is 108 Å². The molecule has 0 aromatic carbocycles. The van der Waals surface area contributed by atoms with Crippen molar-refractivity contribution in [3.63, 3.8) is 0 Å². The van der Waals surface area contributed by atoms with Crippen molar-refractivity contribution in [2.45, 2.75) is 64.5 Å². The number of urea groups is 1. The van der Waals surface area contributed by atoms with Gasteiger partial charge >= 0.3 is 12.0 Å². The molecule has 3 N–H and O–H groups in total. The number of hydrogen-bond acceptors (Lipinski definition) is 2. The molecule has 1 aliphatic rings. The molecule has 2 atom stereocenters. The summed E-state index contributed by atoms with van der Waals surface area (Å²) in [6.07, 6.45) is 5.79. The zero-order valence-electron chi connectivity index (χ0n) is 11.2. The number of unbranched alkanes of at least 4 members (excludes halogenated alkanes) is 1. The summed E-state index contributed by atoms with van der Waals surface area (Å²) in [6.45, 7) is 4.04. The van der Waals surface area contributed by atoms with Gasteiger partial charge in [0.05, 0.1) is 0 Å². The van der Waals surface area contributed by atoms with E-state index in [-0.39, 0.29) is 12.1 Å². The van der Waals surface area contributed by atoms with Crippen molar-refractivity contribution < 1.29 is 14.7 Å². The topological polar surface area (TPSA) is 78.4 Å². The van der Waals surface area contributed by atoms with E-state index in [1.807, 2.05) is 6.92 Å². The largest absolute Gasteiger partial charge is 0.480 e. The number of amides is 2. The van der Waals surface area contributed by atoms with Crippen LogP contribution in [0.1, 0.15) is 52.4 Å². The number of nitrogens with one attached hydrogen (secondary N) is 2. The Morgan fingerprint density at radius 1 is 1.33 bits per heavy atom. The third-order valence-corrected chi connectivity index (χ3v) is 3.24. The molecule has 5 nitrogen and oxygen atoms in total. The average molecular weight is 256 g/mol. The molecule has 0 aliphatic heterocycles. The smallest absolute Gasteiger partial charge is 0.326 e. The van der Waals surface area contributed by atoms with Gasteiger partial charge in [-0.2, -0.15) is 0 Å². The normalized spacial score (nSPS) is 17.9. The average Bonchev–Trinajstić information content (AvgIpc) is 3.09. The minimum atomic E-state index is -0.946. The summed E-state index contributed by atoms with van der Waals surface area (Å²) in [7, 11) is 0. The molecule has 0 bridgehead atoms. The molecule has 104 valence electrons. The Morgan fingerprint density at radius 3 is 2.50 bits per heavy atom. The first kappa shape index (κ1) is 14.8. The molecule has 1 fully saturated rings. The number of aliphatic carboxylic acids is 1. The molecule has 1 saturated carbocycles. The highest BCUT2D eigenvalue weighted by molar-refractivity contribution is 5.82. The van der Waals surface area contributed by atoms with E-state index in [2.05, 4.69) is 17.6 Å². The number of rotatable bonds is 8. The van der Waals surface area contributed by atoms with Gasteiger partial charge in [0.25, 0.3) is 0 Å². The van der Waals surface area contributed by atoms with E-state index in [0.717, 1.165) is 32.1 Å². The molecule has 0 radical (unpaired) electrons. The molecule has 0 heterocycles. The molecule has 0 aromatic rings. The van der Waals surface area contributed by atoms with Crippen LogP contribution in [-0.4, -0.2) is 29.2 Å². The van der Waals surface area contributed by atoms with Crippen LogP contribution in [0.5, 0.6) is 0 Å². The Bertz CT molecular complexity index is 290. The molecular formula is C13H24N2O3. The second-order valence-electron chi connectivity index (χ2n) is 5.23. The maximum Gasteiger partial charge on any atom is 0.326 e. The molecule has 2 amide bonds. The van der Waals surface area contributed by atoms with Gasteiger partial charge in [-0.1, -0.05) is 32.6 Å². The lowest BCUT2D eigenvalue weighted by Crippen LogP contribution is -2.48. The fourth-order valence-electron chi connectivity index (χ4n) is 1.91. The van der Waals surface area contributed by atoms with Gasteiger partial charge in [-0.3, -0.25) is 0 Å². The molecule has 1 aliphatic carbocycles. The van der Waals surface area contributed by atoms with Gasteiger partial charge in [-0.25, -0.2) is 9.59 Å². The van der Waals surface area contributed by atoms with Crippen molar-refractivity contribution in [3.05, 3.63) is 0 Å². The molecule has 1 unspecified atom stereocenters. The zero-order valence-corrected chi connectivity index (χ0v) is 11.2. The number of carboxylic acids is 1. The number of carbonyl (C=O) groups is 2. The summed E-state index contributed by atoms with van der Waals surface area (Å²) in [5, 5.41) is 14.4. The first-order valence-corrected chi connectivity index (χ1v) is 6.82. The summed E-state index contributed by atoms with van der Waals surface area (Å²) >= 11 is 0. The van der Waals surface area contributed by atoms with Gasteiger partial charge in [0.2, 0.25) is 0 Å². The Balaban J connectivity index is 2.28. The van der Waals surface area contributed by atoms with E-state index in [9.17, 15) is 9.59 Å². The third-order valence-electron chi connectivity index (χ3n) is 3.24. The van der Waals surface area contributed by atoms with Gasteiger partial charge in [0.1, 0.15) is 6.04 Å². The van der Waals surface area contributed by atoms with Gasteiger partial charge in [-0.15, -0.1) is 0 Å². The lowest BCUT2D eigenvalue weighted by Gasteiger charge is -2.18. The summed E-state index contributed by atoms with van der Waals surface area (Å²) in [4.78, 5) is 22.7. The predicted octanol–water partition coefficient (Wildman–Crippen LogP) is 2.12. The minimum absolute atomic E-state index is 0.0836. The van der Waals surface area contributed by atoms with E-state index in [1.165, 1.54) is 0 Å². The van der Waals surface area contributed by atoms with Crippen molar-refractivity contribution in [1.29, 1.82) is 0 Å². The van der Waals surface area contributed by atoms with Crippen LogP contribution < -0.4 is 10.6 Å². The van der Waals surface area contributed by atoms with Gasteiger partial charge < -0.3 is 15.7 Å². The zero-order chi connectivity index (χ0) is 13.5. The second kappa shape index (κ2) is 7.24. The minimum Gasteiger partial charge on any atom is -0.480 e. The molecule has 0 saturated heterocycles. The number of carboxylic acid groups (broad SMARTS) is 1. The van der Waals surface area contributed by atoms with Crippen LogP contribution in [-0.2, 0) is 4.79 Å². The Morgan fingerprint density at radius 2 is 2.00 bits per heavy atom. The van der Waals surface area contributed by atoms with Crippen molar-refractivity contribution in [2.24, 2.45) is 5.92 Å². The highest BCUT2D eigenvalue weighted by atomic mass is 16.4. The van der Waals surface area contributed by atoms with Crippen LogP contribution in [0.2, 0.25) is 0 Å². The van der Waals surface area contributed by atoms with Crippen LogP contribution in [0.15, 0.2) is 0 Å². The second-order valence-corrected chi connectivity index (χ2v) is 5.23. The first-order chi connectivity index (χ1) is 8.52. The molecule has 1 rings (SSSR count). The Kier molecular flexibility index (Phi) is 5.95. The molecule has 0 spiro atoms. The van der Waals surface area contributed by atoms with Gasteiger partial charge in [-0.05, 0) is 25.7 Å². The first-order valence-electron chi connectivity index (χ1n) is 6.82. The Hall–Kier alpha value is -1.26. The van der Waals surface area contributed by atoms with Crippen molar-refractivity contribution in [2.75, 3.05) is 0 Å². The highest BCUT2D eigenvalue weighted by Crippen LogP contribution is 2.33. The monoisotopic (exact) mass is 256 g/mol. The summed E-state index contributed by atoms with van der Waals surface area (Å²) in [6, 6.07) is -1.04. The maximum absolute atomic E-state index is 11.6. The lowest BCUT2D eigenvalue weighted by atomic mass is 10.1. The molecule has 5 heteroatoms. The van der Waals surface area contributed by atoms with Crippen molar-refractivity contribution >= 4 is 12.0 Å². The summed E-state index contributed by atoms with van der Waals surface area (Å²) in [5.74, 6) is -0.470. The molecular weight excluding hydrogens is 232 g/mol. The fraction of sp³-hybridized carbons (Fsp3) is 0.846. The highest BCUT2D eigenvalue weighted by Gasteiger charge is 2.30. The maximum atomic E-state index is 11.6. The molecule has 0 aromatic heterocycles. The van der Waals surface area contributed by atoms with E-state index >= 15 is 0 Å². The standard InChI is InChI=1S/C13H24N2O3/c1-3-4-5-9(2)14-13(18)15-11(12(16)17)8-10-6-7-10/h9-11H,3-8H2,1-2H3,(H,16,17)(H2,14,15,18)/t9?,11-/m0/s1. The SMILES string of the molecule is CCCCC(C)NC(=O)N[C@@H](CC1CC1)C(=O)O. The van der Waals surface area contributed by atoms with E-state index < -0.39 is 12.0 Å². The summed E-state index contributed by atoms with van der Waals surface area (Å²) < 4.78 is 0. The van der Waals surface area contributed by atoms with Crippen LogP contribution in [0.4, 0.5) is 4.79 Å². The van der Waals surface area contributed by atoms with Crippen LogP contribution in [0, 0.1) is 5.92 Å². The predicted molar refractivity (Wildman–Crippen MR) is 69.4 cm³/mol. The lowest BCUT2D eigenvalue weighted by molar-refractivity contribution is -0.139. The molecule has 18 heavy (non-hydrogen) atoms. The fourth-order valence-corrected chi connectivity index (χ4v) is 1.91.